The van der Waals surface area contributed by atoms with E-state index in [0.717, 1.165) is 17.5 Å². The molecule has 1 heterocycles. The van der Waals surface area contributed by atoms with Gasteiger partial charge in [0.25, 0.3) is 11.7 Å². The van der Waals surface area contributed by atoms with Gasteiger partial charge in [-0.25, -0.2) is 0 Å². The Labute approximate surface area is 176 Å². The van der Waals surface area contributed by atoms with Gasteiger partial charge < -0.3 is 14.9 Å². The molecule has 29 heavy (non-hydrogen) atoms. The standard InChI is InChI=1S/C23H25ClN2O3/c1-4-15-8-10-16(11-9-15)20-19(21(27)17-6-5-7-18(24)14-17)22(28)23(29)26(20)13-12-25(2)3/h5-11,14,20,27H,4,12-13H2,1-3H3/b21-19-. The van der Waals surface area contributed by atoms with Crippen LogP contribution in [0.4, 0.5) is 0 Å². The fourth-order valence-electron chi connectivity index (χ4n) is 3.49. The summed E-state index contributed by atoms with van der Waals surface area (Å²) >= 11 is 6.06. The third kappa shape index (κ3) is 4.36. The van der Waals surface area contributed by atoms with Gasteiger partial charge in [0.1, 0.15) is 5.76 Å². The van der Waals surface area contributed by atoms with Gasteiger partial charge in [0.15, 0.2) is 0 Å². The van der Waals surface area contributed by atoms with Crippen LogP contribution in [0.2, 0.25) is 5.02 Å². The Kier molecular flexibility index (Phi) is 6.40. The van der Waals surface area contributed by atoms with Crippen molar-refractivity contribution in [2.45, 2.75) is 19.4 Å². The fraction of sp³-hybridized carbons (Fsp3) is 0.304. The summed E-state index contributed by atoms with van der Waals surface area (Å²) in [4.78, 5) is 29.2. The lowest BCUT2D eigenvalue weighted by Crippen LogP contribution is -2.35. The number of likely N-dealkylation sites (tertiary alicyclic amines) is 1. The van der Waals surface area contributed by atoms with Gasteiger partial charge >= 0.3 is 0 Å². The van der Waals surface area contributed by atoms with Crippen LogP contribution in [0.5, 0.6) is 0 Å². The number of aliphatic hydroxyl groups is 1. The SMILES string of the molecule is CCc1ccc(C2/C(=C(/O)c3cccc(Cl)c3)C(=O)C(=O)N2CCN(C)C)cc1. The Bertz CT molecular complexity index is 951. The van der Waals surface area contributed by atoms with E-state index in [1.807, 2.05) is 43.3 Å². The average molecular weight is 413 g/mol. The number of hydrogen-bond donors (Lipinski definition) is 1. The van der Waals surface area contributed by atoms with Gasteiger partial charge in [-0.05, 0) is 43.8 Å². The van der Waals surface area contributed by atoms with Crippen molar-refractivity contribution in [1.82, 2.24) is 9.80 Å². The number of halogens is 1. The molecule has 1 saturated heterocycles. The summed E-state index contributed by atoms with van der Waals surface area (Å²) in [5, 5.41) is 11.4. The van der Waals surface area contributed by atoms with Crippen molar-refractivity contribution in [3.05, 3.63) is 75.8 Å². The molecule has 0 bridgehead atoms. The Hall–Kier alpha value is -2.63. The van der Waals surface area contributed by atoms with E-state index in [-0.39, 0.29) is 11.3 Å². The number of likely N-dealkylation sites (N-methyl/N-ethyl adjacent to an activating group) is 1. The van der Waals surface area contributed by atoms with Crippen LogP contribution in [-0.4, -0.2) is 53.8 Å². The molecule has 0 spiro atoms. The number of hydrogen-bond acceptors (Lipinski definition) is 4. The highest BCUT2D eigenvalue weighted by atomic mass is 35.5. The molecule has 152 valence electrons. The van der Waals surface area contributed by atoms with Gasteiger partial charge in [-0.1, -0.05) is 54.9 Å². The van der Waals surface area contributed by atoms with Crippen LogP contribution in [0.25, 0.3) is 5.76 Å². The molecule has 1 N–H and O–H groups in total. The molecule has 0 aromatic heterocycles. The van der Waals surface area contributed by atoms with Gasteiger partial charge in [0.2, 0.25) is 0 Å². The van der Waals surface area contributed by atoms with Crippen molar-refractivity contribution in [3.8, 4) is 0 Å². The molecular weight excluding hydrogens is 388 g/mol. The van der Waals surface area contributed by atoms with E-state index in [0.29, 0.717) is 23.7 Å². The van der Waals surface area contributed by atoms with Gasteiger partial charge in [0.05, 0.1) is 11.6 Å². The van der Waals surface area contributed by atoms with Crippen molar-refractivity contribution >= 4 is 29.1 Å². The number of amides is 1. The van der Waals surface area contributed by atoms with E-state index in [1.54, 1.807) is 29.2 Å². The van der Waals surface area contributed by atoms with Crippen LogP contribution in [-0.2, 0) is 16.0 Å². The summed E-state index contributed by atoms with van der Waals surface area (Å²) in [6.07, 6.45) is 0.892. The Balaban J connectivity index is 2.13. The first-order chi connectivity index (χ1) is 13.8. The van der Waals surface area contributed by atoms with Crippen molar-refractivity contribution < 1.29 is 14.7 Å². The van der Waals surface area contributed by atoms with Crippen molar-refractivity contribution in [2.24, 2.45) is 0 Å². The van der Waals surface area contributed by atoms with E-state index in [1.165, 1.54) is 0 Å². The molecule has 6 heteroatoms. The number of aliphatic hydroxyl groups excluding tert-OH is 1. The third-order valence-electron chi connectivity index (χ3n) is 5.13. The zero-order chi connectivity index (χ0) is 21.1. The van der Waals surface area contributed by atoms with Crippen LogP contribution in [0.3, 0.4) is 0 Å². The molecule has 2 aromatic rings. The molecule has 1 atom stereocenters. The van der Waals surface area contributed by atoms with Crippen LogP contribution in [0, 0.1) is 0 Å². The largest absolute Gasteiger partial charge is 0.507 e. The Morgan fingerprint density at radius 1 is 1.14 bits per heavy atom. The summed E-state index contributed by atoms with van der Waals surface area (Å²) in [6.45, 7) is 3.05. The second-order valence-corrected chi connectivity index (χ2v) is 7.84. The maximum Gasteiger partial charge on any atom is 0.295 e. The number of carbonyl (C=O) groups is 2. The number of Topliss-reactive ketones (excluding diaryl/α,β-unsaturated/α-hetero) is 1. The molecular formula is C23H25ClN2O3. The number of aryl methyl sites for hydroxylation is 1. The van der Waals surface area contributed by atoms with E-state index in [2.05, 4.69) is 6.92 Å². The molecule has 2 aromatic carbocycles. The maximum atomic E-state index is 12.9. The maximum absolute atomic E-state index is 12.9. The summed E-state index contributed by atoms with van der Waals surface area (Å²) in [5.74, 6) is -1.48. The smallest absolute Gasteiger partial charge is 0.295 e. The van der Waals surface area contributed by atoms with Gasteiger partial charge in [-0.3, -0.25) is 9.59 Å². The fourth-order valence-corrected chi connectivity index (χ4v) is 3.68. The zero-order valence-electron chi connectivity index (χ0n) is 16.9. The van der Waals surface area contributed by atoms with E-state index in [9.17, 15) is 14.7 Å². The quantitative estimate of drug-likeness (QED) is 0.444. The predicted octanol–water partition coefficient (Wildman–Crippen LogP) is 3.89. The Morgan fingerprint density at radius 2 is 1.83 bits per heavy atom. The molecule has 1 unspecified atom stereocenters. The van der Waals surface area contributed by atoms with Crippen molar-refractivity contribution in [3.63, 3.8) is 0 Å². The first-order valence-corrected chi connectivity index (χ1v) is 9.99. The topological polar surface area (TPSA) is 60.9 Å². The number of ketones is 1. The molecule has 1 aliphatic rings. The summed E-state index contributed by atoms with van der Waals surface area (Å²) in [7, 11) is 3.82. The molecule has 3 rings (SSSR count). The lowest BCUT2D eigenvalue weighted by atomic mass is 9.94. The lowest BCUT2D eigenvalue weighted by molar-refractivity contribution is -0.140. The van der Waals surface area contributed by atoms with Gasteiger partial charge in [0, 0.05) is 23.7 Å². The van der Waals surface area contributed by atoms with Crippen molar-refractivity contribution in [1.29, 1.82) is 0 Å². The highest BCUT2D eigenvalue weighted by Crippen LogP contribution is 2.39. The van der Waals surface area contributed by atoms with Crippen molar-refractivity contribution in [2.75, 3.05) is 27.2 Å². The first kappa shape index (κ1) is 21.1. The molecule has 0 saturated carbocycles. The normalized spacial score (nSPS) is 18.7. The van der Waals surface area contributed by atoms with Gasteiger partial charge in [-0.2, -0.15) is 0 Å². The minimum Gasteiger partial charge on any atom is -0.507 e. The number of benzene rings is 2. The minimum atomic E-state index is -0.675. The van der Waals surface area contributed by atoms with Crippen LogP contribution < -0.4 is 0 Å². The van der Waals surface area contributed by atoms with E-state index in [4.69, 9.17) is 11.6 Å². The van der Waals surface area contributed by atoms with Crippen LogP contribution >= 0.6 is 11.6 Å². The van der Waals surface area contributed by atoms with Crippen LogP contribution in [0.1, 0.15) is 29.7 Å². The third-order valence-corrected chi connectivity index (χ3v) is 5.36. The zero-order valence-corrected chi connectivity index (χ0v) is 17.6. The molecule has 5 nitrogen and oxygen atoms in total. The minimum absolute atomic E-state index is 0.0975. The van der Waals surface area contributed by atoms with E-state index < -0.39 is 17.7 Å². The summed E-state index contributed by atoms with van der Waals surface area (Å²) < 4.78 is 0. The van der Waals surface area contributed by atoms with Gasteiger partial charge in [-0.15, -0.1) is 0 Å². The predicted molar refractivity (Wildman–Crippen MR) is 115 cm³/mol. The average Bonchev–Trinajstić information content (AvgIpc) is 2.96. The number of nitrogens with zero attached hydrogens (tertiary/aromatic N) is 2. The first-order valence-electron chi connectivity index (χ1n) is 9.61. The monoisotopic (exact) mass is 412 g/mol. The molecule has 1 aliphatic heterocycles. The molecule has 0 aliphatic carbocycles. The second kappa shape index (κ2) is 8.80. The summed E-state index contributed by atoms with van der Waals surface area (Å²) in [5.41, 5.74) is 2.47. The second-order valence-electron chi connectivity index (χ2n) is 7.40. The molecule has 1 fully saturated rings. The number of carbonyl (C=O) groups excluding carboxylic acids is 2. The Morgan fingerprint density at radius 3 is 2.41 bits per heavy atom. The molecule has 1 amide bonds. The lowest BCUT2D eigenvalue weighted by Gasteiger charge is -2.26. The van der Waals surface area contributed by atoms with Crippen LogP contribution in [0.15, 0.2) is 54.1 Å². The van der Waals surface area contributed by atoms with E-state index >= 15 is 0 Å². The highest BCUT2D eigenvalue weighted by molar-refractivity contribution is 6.46. The summed E-state index contributed by atoms with van der Waals surface area (Å²) in [6, 6.07) is 13.8. The number of rotatable bonds is 6. The highest BCUT2D eigenvalue weighted by Gasteiger charge is 2.45. The molecule has 0 radical (unpaired) electrons.